The standard InChI is InChI=1S/C15H15N5O2S/c16-12-8-10(3-6-17-12)9-23-15-11(2-1-5-18-15)14(21)19-13-4-7-22-20-13/h1-3,5-6,8H,4,7,9H2,(H2,16,17)(H,19,20,21). The second-order valence-corrected chi connectivity index (χ2v) is 5.77. The number of thioether (sulfide) groups is 1. The van der Waals surface area contributed by atoms with Crippen molar-refractivity contribution in [1.29, 1.82) is 0 Å². The van der Waals surface area contributed by atoms with E-state index in [0.29, 0.717) is 41.0 Å². The maximum Gasteiger partial charge on any atom is 0.259 e. The zero-order chi connectivity index (χ0) is 16.1. The molecule has 2 aromatic rings. The fourth-order valence-corrected chi connectivity index (χ4v) is 2.94. The van der Waals surface area contributed by atoms with Gasteiger partial charge in [0.15, 0.2) is 5.84 Å². The molecule has 1 aliphatic rings. The van der Waals surface area contributed by atoms with E-state index in [9.17, 15) is 4.79 Å². The maximum atomic E-state index is 12.4. The molecule has 23 heavy (non-hydrogen) atoms. The lowest BCUT2D eigenvalue weighted by Crippen LogP contribution is -2.29. The third-order valence-corrected chi connectivity index (χ3v) is 4.18. The van der Waals surface area contributed by atoms with Gasteiger partial charge < -0.3 is 15.9 Å². The summed E-state index contributed by atoms with van der Waals surface area (Å²) in [5.41, 5.74) is 7.20. The number of hydrogen-bond acceptors (Lipinski definition) is 7. The van der Waals surface area contributed by atoms with E-state index in [4.69, 9.17) is 10.6 Å². The number of aromatic nitrogens is 2. The second-order valence-electron chi connectivity index (χ2n) is 4.81. The number of rotatable bonds is 4. The fourth-order valence-electron chi connectivity index (χ4n) is 2.01. The highest BCUT2D eigenvalue weighted by atomic mass is 32.2. The molecule has 3 N–H and O–H groups in total. The van der Waals surface area contributed by atoms with Crippen LogP contribution in [0.5, 0.6) is 0 Å². The molecule has 0 aromatic carbocycles. The summed E-state index contributed by atoms with van der Waals surface area (Å²) in [5.74, 6) is 1.42. The van der Waals surface area contributed by atoms with Gasteiger partial charge in [-0.3, -0.25) is 4.79 Å². The summed E-state index contributed by atoms with van der Waals surface area (Å²) in [4.78, 5) is 25.5. The molecule has 1 amide bonds. The molecule has 8 heteroatoms. The Labute approximate surface area is 137 Å². The molecule has 0 spiro atoms. The molecule has 7 nitrogen and oxygen atoms in total. The summed E-state index contributed by atoms with van der Waals surface area (Å²) in [5, 5.41) is 7.17. The van der Waals surface area contributed by atoms with E-state index in [1.54, 1.807) is 30.6 Å². The zero-order valence-corrected chi connectivity index (χ0v) is 13.0. The van der Waals surface area contributed by atoms with Crippen molar-refractivity contribution in [2.45, 2.75) is 17.2 Å². The summed E-state index contributed by atoms with van der Waals surface area (Å²) < 4.78 is 0. The Bertz CT molecular complexity index is 750. The number of carbonyl (C=O) groups excluding carboxylic acids is 1. The van der Waals surface area contributed by atoms with E-state index < -0.39 is 0 Å². The summed E-state index contributed by atoms with van der Waals surface area (Å²) >= 11 is 1.47. The van der Waals surface area contributed by atoms with Gasteiger partial charge in [0.25, 0.3) is 5.91 Å². The quantitative estimate of drug-likeness (QED) is 0.829. The largest absolute Gasteiger partial charge is 0.394 e. The van der Waals surface area contributed by atoms with Crippen LogP contribution in [0.4, 0.5) is 5.82 Å². The summed E-state index contributed by atoms with van der Waals surface area (Å²) in [6, 6.07) is 7.16. The normalized spacial score (nSPS) is 13.3. The SMILES string of the molecule is Nc1cc(CSc2ncccc2C(=O)NC2=NOCC2)ccn1. The highest BCUT2D eigenvalue weighted by Gasteiger charge is 2.17. The van der Waals surface area contributed by atoms with Gasteiger partial charge in [0.1, 0.15) is 17.5 Å². The number of pyridine rings is 2. The number of nitrogens with zero attached hydrogens (tertiary/aromatic N) is 3. The number of hydrogen-bond donors (Lipinski definition) is 2. The number of carbonyl (C=O) groups is 1. The van der Waals surface area contributed by atoms with E-state index in [0.717, 1.165) is 5.56 Å². The van der Waals surface area contributed by atoms with E-state index in [-0.39, 0.29) is 5.91 Å². The minimum absolute atomic E-state index is 0.237. The summed E-state index contributed by atoms with van der Waals surface area (Å²) in [6.07, 6.45) is 3.93. The van der Waals surface area contributed by atoms with Crippen LogP contribution in [-0.4, -0.2) is 28.3 Å². The molecule has 0 unspecified atom stereocenters. The highest BCUT2D eigenvalue weighted by molar-refractivity contribution is 7.98. The minimum atomic E-state index is -0.237. The molecule has 0 saturated carbocycles. The molecule has 0 aliphatic carbocycles. The van der Waals surface area contributed by atoms with Crippen LogP contribution < -0.4 is 11.1 Å². The molecule has 0 atom stereocenters. The van der Waals surface area contributed by atoms with Gasteiger partial charge in [0.2, 0.25) is 0 Å². The summed E-state index contributed by atoms with van der Waals surface area (Å²) in [7, 11) is 0. The van der Waals surface area contributed by atoms with Crippen LogP contribution in [0.1, 0.15) is 22.3 Å². The molecule has 0 fully saturated rings. The van der Waals surface area contributed by atoms with Gasteiger partial charge in [0, 0.05) is 24.6 Å². The maximum absolute atomic E-state index is 12.4. The van der Waals surface area contributed by atoms with E-state index in [1.165, 1.54) is 11.8 Å². The molecule has 0 radical (unpaired) electrons. The first-order chi connectivity index (χ1) is 11.2. The van der Waals surface area contributed by atoms with Gasteiger partial charge in [-0.05, 0) is 29.8 Å². The Morgan fingerprint density at radius 1 is 1.35 bits per heavy atom. The van der Waals surface area contributed by atoms with Gasteiger partial charge in [-0.2, -0.15) is 0 Å². The average molecular weight is 329 g/mol. The predicted molar refractivity (Wildman–Crippen MR) is 87.9 cm³/mol. The molecule has 3 heterocycles. The Morgan fingerprint density at radius 3 is 3.04 bits per heavy atom. The van der Waals surface area contributed by atoms with Gasteiger partial charge in [0.05, 0.1) is 5.56 Å². The Kier molecular flexibility index (Phi) is 4.72. The van der Waals surface area contributed by atoms with Crippen molar-refractivity contribution in [2.75, 3.05) is 12.3 Å². The monoisotopic (exact) mass is 329 g/mol. The summed E-state index contributed by atoms with van der Waals surface area (Å²) in [6.45, 7) is 0.494. The fraction of sp³-hybridized carbons (Fsp3) is 0.200. The van der Waals surface area contributed by atoms with Crippen molar-refractivity contribution < 1.29 is 9.63 Å². The van der Waals surface area contributed by atoms with Crippen molar-refractivity contribution in [3.05, 3.63) is 47.8 Å². The highest BCUT2D eigenvalue weighted by Crippen LogP contribution is 2.24. The van der Waals surface area contributed by atoms with Crippen molar-refractivity contribution in [2.24, 2.45) is 5.16 Å². The van der Waals surface area contributed by atoms with Crippen molar-refractivity contribution in [1.82, 2.24) is 15.3 Å². The number of nitrogens with two attached hydrogens (primary N) is 1. The Balaban J connectivity index is 1.71. The number of nitrogen functional groups attached to an aromatic ring is 1. The second kappa shape index (κ2) is 7.10. The van der Waals surface area contributed by atoms with Crippen LogP contribution in [0, 0.1) is 0 Å². The lowest BCUT2D eigenvalue weighted by atomic mass is 10.2. The van der Waals surface area contributed by atoms with Crippen molar-refractivity contribution >= 4 is 29.3 Å². The molecular formula is C15H15N5O2S. The first kappa shape index (κ1) is 15.3. The molecule has 3 rings (SSSR count). The molecular weight excluding hydrogens is 314 g/mol. The molecule has 1 aliphatic heterocycles. The minimum Gasteiger partial charge on any atom is -0.394 e. The topological polar surface area (TPSA) is 102 Å². The Hall–Kier alpha value is -2.61. The van der Waals surface area contributed by atoms with Crippen LogP contribution >= 0.6 is 11.8 Å². The lowest BCUT2D eigenvalue weighted by Gasteiger charge is -2.08. The van der Waals surface area contributed by atoms with Gasteiger partial charge in [-0.25, -0.2) is 9.97 Å². The van der Waals surface area contributed by atoms with Gasteiger partial charge in [-0.15, -0.1) is 11.8 Å². The number of amides is 1. The molecule has 118 valence electrons. The first-order valence-corrected chi connectivity index (χ1v) is 7.99. The van der Waals surface area contributed by atoms with Crippen molar-refractivity contribution in [3.8, 4) is 0 Å². The molecule has 0 bridgehead atoms. The smallest absolute Gasteiger partial charge is 0.259 e. The lowest BCUT2D eigenvalue weighted by molar-refractivity contribution is 0.0972. The average Bonchev–Trinajstić information content (AvgIpc) is 3.06. The third-order valence-electron chi connectivity index (χ3n) is 3.10. The van der Waals surface area contributed by atoms with Crippen LogP contribution in [0.25, 0.3) is 0 Å². The number of anilines is 1. The molecule has 2 aromatic heterocycles. The zero-order valence-electron chi connectivity index (χ0n) is 12.2. The van der Waals surface area contributed by atoms with Crippen LogP contribution in [0.2, 0.25) is 0 Å². The van der Waals surface area contributed by atoms with Crippen LogP contribution in [0.3, 0.4) is 0 Å². The number of nitrogens with one attached hydrogen (secondary N) is 1. The van der Waals surface area contributed by atoms with E-state index >= 15 is 0 Å². The van der Waals surface area contributed by atoms with Gasteiger partial charge in [-0.1, -0.05) is 5.16 Å². The first-order valence-electron chi connectivity index (χ1n) is 7.01. The number of amidine groups is 1. The van der Waals surface area contributed by atoms with Crippen LogP contribution in [0.15, 0.2) is 46.8 Å². The number of oxime groups is 1. The van der Waals surface area contributed by atoms with E-state index in [2.05, 4.69) is 20.4 Å². The van der Waals surface area contributed by atoms with E-state index in [1.807, 2.05) is 6.07 Å². The predicted octanol–water partition coefficient (Wildman–Crippen LogP) is 1.81. The van der Waals surface area contributed by atoms with Crippen LogP contribution in [-0.2, 0) is 10.6 Å². The molecule has 0 saturated heterocycles. The third kappa shape index (κ3) is 3.98. The van der Waals surface area contributed by atoms with Crippen molar-refractivity contribution in [3.63, 3.8) is 0 Å². The van der Waals surface area contributed by atoms with Gasteiger partial charge >= 0.3 is 0 Å². The Morgan fingerprint density at radius 2 is 2.26 bits per heavy atom.